The van der Waals surface area contributed by atoms with Crippen molar-refractivity contribution in [3.05, 3.63) is 69.8 Å². The third-order valence-electron chi connectivity index (χ3n) is 10.0. The molecule has 0 saturated heterocycles. The summed E-state index contributed by atoms with van der Waals surface area (Å²) in [6.45, 7) is 32.5. The topological polar surface area (TPSA) is 108 Å². The molecule has 0 amide bonds. The molecule has 9 nitrogen and oxygen atoms in total. The lowest BCUT2D eigenvalue weighted by Crippen LogP contribution is -2.60. The number of benzene rings is 2. The Bertz CT molecular complexity index is 1590. The monoisotopic (exact) mass is 751 g/mol. The first-order valence-corrected chi connectivity index (χ1v) is 19.8. The van der Waals surface area contributed by atoms with Crippen LogP contribution in [0.15, 0.2) is 48.5 Å². The molecule has 2 heterocycles. The lowest BCUT2D eigenvalue weighted by molar-refractivity contribution is -0.384. The van der Waals surface area contributed by atoms with Crippen LogP contribution in [-0.4, -0.2) is 42.3 Å². The minimum Gasteiger partial charge on any atom is -0.466 e. The molecule has 3 atom stereocenters. The van der Waals surface area contributed by atoms with E-state index >= 15 is 0 Å². The van der Waals surface area contributed by atoms with Crippen LogP contribution in [0.1, 0.15) is 141 Å². The Hall–Kier alpha value is -3.88. The zero-order chi connectivity index (χ0) is 41.3. The van der Waals surface area contributed by atoms with Crippen LogP contribution in [0.2, 0.25) is 0 Å². The van der Waals surface area contributed by atoms with E-state index in [0.29, 0.717) is 24.5 Å². The number of nitro benzene ring substituents is 1. The van der Waals surface area contributed by atoms with Gasteiger partial charge in [-0.1, -0.05) is 114 Å². The van der Waals surface area contributed by atoms with Gasteiger partial charge in [-0.15, -0.1) is 0 Å². The van der Waals surface area contributed by atoms with Gasteiger partial charge in [-0.3, -0.25) is 19.7 Å². The van der Waals surface area contributed by atoms with Crippen LogP contribution in [0.4, 0.5) is 11.4 Å². The molecule has 2 aliphatic heterocycles. The predicted molar refractivity (Wildman–Crippen MR) is 221 cm³/mol. The van der Waals surface area contributed by atoms with E-state index in [0.717, 1.165) is 30.5 Å². The van der Waals surface area contributed by atoms with E-state index in [1.807, 2.05) is 31.2 Å². The molecule has 0 fully saturated rings. The van der Waals surface area contributed by atoms with Gasteiger partial charge < -0.3 is 19.1 Å². The number of nitrogens with zero attached hydrogens (tertiary/aromatic N) is 2. The fourth-order valence-electron chi connectivity index (χ4n) is 7.12. The normalized spacial score (nSPS) is 18.1. The van der Waals surface area contributed by atoms with E-state index in [4.69, 9.17) is 14.2 Å². The molecule has 1 spiro atoms. The first-order valence-electron chi connectivity index (χ1n) is 19.8. The quantitative estimate of drug-likeness (QED) is 0.134. The highest BCUT2D eigenvalue weighted by Crippen LogP contribution is 2.55. The summed E-state index contributed by atoms with van der Waals surface area (Å²) in [5, 5.41) is 11.3. The van der Waals surface area contributed by atoms with Gasteiger partial charge in [-0.2, -0.15) is 0 Å². The fraction of sp³-hybridized carbons (Fsp3) is 0.644. The standard InChI is InChI=1S/C31H40N2O5.C11H22O2.C3H8/c1-28(2,3)20-24(29(4,5)6)27(34)37-18-17-32-25-12-10-9-11-23(25)30(7,8)31(32)16-15-21-19-22(33(35)36)13-14-26(21)38-31;1-6-8-9(11(3,4)5)10(12)13-7-2;1-3-2/h9-16,19,24H,17-18,20H2,1-8H3;9H,6-8H2,1-5H3;3H2,1-2H3. The van der Waals surface area contributed by atoms with Gasteiger partial charge in [0.1, 0.15) is 12.4 Å². The number of anilines is 1. The van der Waals surface area contributed by atoms with E-state index in [2.05, 4.69) is 114 Å². The number of rotatable bonds is 10. The zero-order valence-corrected chi connectivity index (χ0v) is 36.1. The summed E-state index contributed by atoms with van der Waals surface area (Å²) in [4.78, 5) is 37.9. The van der Waals surface area contributed by atoms with Crippen molar-refractivity contribution < 1.29 is 28.7 Å². The van der Waals surface area contributed by atoms with Gasteiger partial charge in [0.15, 0.2) is 0 Å². The molecular formula is C45H70N2O7. The van der Waals surface area contributed by atoms with Crippen LogP contribution in [0, 0.1) is 38.2 Å². The highest BCUT2D eigenvalue weighted by Gasteiger charge is 2.58. The fourth-order valence-corrected chi connectivity index (χ4v) is 7.12. The lowest BCUT2D eigenvalue weighted by atomic mass is 9.72. The van der Waals surface area contributed by atoms with Gasteiger partial charge in [0.05, 0.1) is 35.3 Å². The van der Waals surface area contributed by atoms with E-state index in [1.165, 1.54) is 18.6 Å². The molecule has 3 unspecified atom stereocenters. The number of fused-ring (bicyclic) bond motifs is 2. The van der Waals surface area contributed by atoms with Crippen molar-refractivity contribution in [3.8, 4) is 5.75 Å². The average Bonchev–Trinajstić information content (AvgIpc) is 3.23. The molecule has 0 bridgehead atoms. The number of hydrogen-bond acceptors (Lipinski definition) is 8. The summed E-state index contributed by atoms with van der Waals surface area (Å²) in [5.74, 6) is 0.187. The number of carbonyl (C=O) groups is 2. The van der Waals surface area contributed by atoms with Crippen LogP contribution >= 0.6 is 0 Å². The number of carbonyl (C=O) groups excluding carboxylic acids is 2. The van der Waals surface area contributed by atoms with Gasteiger partial charge in [-0.25, -0.2) is 0 Å². The first kappa shape index (κ1) is 46.3. The Morgan fingerprint density at radius 2 is 1.44 bits per heavy atom. The highest BCUT2D eigenvalue weighted by atomic mass is 16.6. The first-order chi connectivity index (χ1) is 24.9. The van der Waals surface area contributed by atoms with Crippen molar-refractivity contribution in [2.24, 2.45) is 28.1 Å². The second kappa shape index (κ2) is 18.6. The molecule has 0 radical (unpaired) electrons. The SMILES string of the molecule is CC(C)(C)CC(C(=O)OCCN1c2ccccc2C(C)(C)C12C=Cc1cc([N+](=O)[O-])ccc1O2)C(C)(C)C.CCC.CCCC(C(=O)OCC)C(C)(C)C. The Morgan fingerprint density at radius 1 is 0.870 bits per heavy atom. The summed E-state index contributed by atoms with van der Waals surface area (Å²) in [6.07, 6.45) is 7.83. The molecule has 54 heavy (non-hydrogen) atoms. The van der Waals surface area contributed by atoms with Gasteiger partial charge in [-0.05, 0) is 79.7 Å². The molecule has 0 saturated carbocycles. The van der Waals surface area contributed by atoms with Crippen molar-refractivity contribution in [2.45, 2.75) is 141 Å². The van der Waals surface area contributed by atoms with Crippen molar-refractivity contribution >= 4 is 29.4 Å². The number of ether oxygens (including phenoxy) is 3. The van der Waals surface area contributed by atoms with Crippen LogP contribution < -0.4 is 9.64 Å². The molecule has 0 N–H and O–H groups in total. The molecule has 0 aromatic heterocycles. The van der Waals surface area contributed by atoms with Crippen molar-refractivity contribution in [2.75, 3.05) is 24.7 Å². The van der Waals surface area contributed by atoms with Crippen molar-refractivity contribution in [1.82, 2.24) is 0 Å². The number of para-hydroxylation sites is 1. The summed E-state index contributed by atoms with van der Waals surface area (Å²) >= 11 is 0. The Labute approximate surface area is 326 Å². The second-order valence-corrected chi connectivity index (χ2v) is 18.4. The van der Waals surface area contributed by atoms with Crippen LogP contribution in [0.25, 0.3) is 6.08 Å². The van der Waals surface area contributed by atoms with Crippen LogP contribution in [0.3, 0.4) is 0 Å². The summed E-state index contributed by atoms with van der Waals surface area (Å²) in [6, 6.07) is 12.8. The maximum atomic E-state index is 13.3. The van der Waals surface area contributed by atoms with Crippen LogP contribution in [-0.2, 0) is 24.5 Å². The molecule has 2 aromatic carbocycles. The molecule has 9 heteroatoms. The number of hydrogen-bond donors (Lipinski definition) is 0. The van der Waals surface area contributed by atoms with E-state index in [1.54, 1.807) is 6.07 Å². The maximum absolute atomic E-state index is 13.3. The molecule has 0 aliphatic carbocycles. The third kappa shape index (κ3) is 11.3. The largest absolute Gasteiger partial charge is 0.466 e. The summed E-state index contributed by atoms with van der Waals surface area (Å²) in [5.41, 5.74) is 1.30. The smallest absolute Gasteiger partial charge is 0.309 e. The number of nitro groups is 1. The lowest BCUT2D eigenvalue weighted by Gasteiger charge is -2.47. The van der Waals surface area contributed by atoms with Crippen LogP contribution in [0.5, 0.6) is 5.75 Å². The molecular weight excluding hydrogens is 681 g/mol. The molecule has 2 aliphatic rings. The minimum atomic E-state index is -0.888. The predicted octanol–water partition coefficient (Wildman–Crippen LogP) is 11.6. The van der Waals surface area contributed by atoms with E-state index in [-0.39, 0.29) is 52.3 Å². The number of non-ortho nitro benzene ring substituents is 1. The van der Waals surface area contributed by atoms with Gasteiger partial charge in [0, 0.05) is 23.4 Å². The minimum absolute atomic E-state index is 0.00212. The van der Waals surface area contributed by atoms with Crippen molar-refractivity contribution in [3.63, 3.8) is 0 Å². The third-order valence-corrected chi connectivity index (χ3v) is 10.0. The van der Waals surface area contributed by atoms with Gasteiger partial charge >= 0.3 is 11.9 Å². The number of esters is 2. The highest BCUT2D eigenvalue weighted by molar-refractivity contribution is 5.75. The maximum Gasteiger partial charge on any atom is 0.309 e. The van der Waals surface area contributed by atoms with Crippen molar-refractivity contribution in [1.29, 1.82) is 0 Å². The van der Waals surface area contributed by atoms with Gasteiger partial charge in [0.2, 0.25) is 5.72 Å². The summed E-state index contributed by atoms with van der Waals surface area (Å²) < 4.78 is 17.7. The van der Waals surface area contributed by atoms with E-state index in [9.17, 15) is 19.7 Å². The molecule has 4 rings (SSSR count). The Kier molecular flexibility index (Phi) is 16.0. The molecule has 2 aromatic rings. The Balaban J connectivity index is 0.000000531. The van der Waals surface area contributed by atoms with Gasteiger partial charge in [0.25, 0.3) is 5.69 Å². The summed E-state index contributed by atoms with van der Waals surface area (Å²) in [7, 11) is 0. The zero-order valence-electron chi connectivity index (χ0n) is 36.1. The van der Waals surface area contributed by atoms with E-state index < -0.39 is 16.1 Å². The Morgan fingerprint density at radius 3 is 1.96 bits per heavy atom. The average molecular weight is 751 g/mol. The second-order valence-electron chi connectivity index (χ2n) is 18.4. The molecule has 302 valence electrons.